The smallest absolute Gasteiger partial charge is 0.192 e. The van der Waals surface area contributed by atoms with E-state index < -0.39 is 0 Å². The van der Waals surface area contributed by atoms with Gasteiger partial charge in [-0.2, -0.15) is 0 Å². The number of benzene rings is 1. The Labute approximate surface area is 182 Å². The normalized spacial score (nSPS) is 12.5. The van der Waals surface area contributed by atoms with Crippen LogP contribution in [0.25, 0.3) is 0 Å². The molecule has 2 heterocycles. The van der Waals surface area contributed by atoms with Crippen molar-refractivity contribution in [1.82, 2.24) is 19.7 Å². The highest BCUT2D eigenvalue weighted by molar-refractivity contribution is 9.11. The summed E-state index contributed by atoms with van der Waals surface area (Å²) in [6, 6.07) is 14.2. The maximum Gasteiger partial charge on any atom is 0.192 e. The molecule has 0 aliphatic rings. The molecule has 0 saturated carbocycles. The van der Waals surface area contributed by atoms with E-state index >= 15 is 0 Å². The zero-order chi connectivity index (χ0) is 20.1. The van der Waals surface area contributed by atoms with Crippen molar-refractivity contribution in [2.75, 3.05) is 19.8 Å². The quantitative estimate of drug-likeness (QED) is 0.314. The summed E-state index contributed by atoms with van der Waals surface area (Å²) < 4.78 is 3.11. The Morgan fingerprint density at radius 1 is 1.21 bits per heavy atom. The number of thiophene rings is 1. The molecule has 0 radical (unpaired) electrons. The van der Waals surface area contributed by atoms with E-state index in [1.165, 1.54) is 28.7 Å². The van der Waals surface area contributed by atoms with Crippen LogP contribution in [-0.2, 0) is 6.54 Å². The molecule has 0 saturated heterocycles. The summed E-state index contributed by atoms with van der Waals surface area (Å²) in [4.78, 5) is 15.4. The number of ketones is 1. The van der Waals surface area contributed by atoms with E-state index in [9.17, 15) is 4.79 Å². The predicted molar refractivity (Wildman–Crippen MR) is 119 cm³/mol. The van der Waals surface area contributed by atoms with Crippen LogP contribution in [0, 0.1) is 0 Å². The summed E-state index contributed by atoms with van der Waals surface area (Å²) in [5.74, 6) is 1.39. The highest BCUT2D eigenvalue weighted by Crippen LogP contribution is 2.28. The lowest BCUT2D eigenvalue weighted by molar-refractivity contribution is 0.102. The van der Waals surface area contributed by atoms with E-state index in [0.717, 1.165) is 26.1 Å². The van der Waals surface area contributed by atoms with Gasteiger partial charge in [0.1, 0.15) is 0 Å². The predicted octanol–water partition coefficient (Wildman–Crippen LogP) is 5.14. The number of hydrogen-bond acceptors (Lipinski definition) is 6. The zero-order valence-electron chi connectivity index (χ0n) is 16.1. The van der Waals surface area contributed by atoms with Gasteiger partial charge >= 0.3 is 0 Å². The Balaban J connectivity index is 1.85. The van der Waals surface area contributed by atoms with Gasteiger partial charge in [0, 0.05) is 0 Å². The lowest BCUT2D eigenvalue weighted by atomic mass is 10.2. The highest BCUT2D eigenvalue weighted by Gasteiger charge is 2.23. The van der Waals surface area contributed by atoms with Gasteiger partial charge in [-0.1, -0.05) is 49.0 Å². The van der Waals surface area contributed by atoms with Gasteiger partial charge in [-0.05, 0) is 54.1 Å². The van der Waals surface area contributed by atoms with Crippen LogP contribution in [0.1, 0.15) is 40.4 Å². The van der Waals surface area contributed by atoms with Gasteiger partial charge in [-0.3, -0.25) is 9.69 Å². The first-order chi connectivity index (χ1) is 13.5. The van der Waals surface area contributed by atoms with Crippen LogP contribution < -0.4 is 0 Å². The lowest BCUT2D eigenvalue weighted by Crippen LogP contribution is -2.23. The summed E-state index contributed by atoms with van der Waals surface area (Å²) in [5, 5.41) is 9.70. The molecule has 0 aliphatic heterocycles. The van der Waals surface area contributed by atoms with Crippen molar-refractivity contribution < 1.29 is 4.79 Å². The molecule has 0 fully saturated rings. The van der Waals surface area contributed by atoms with Crippen LogP contribution >= 0.6 is 39.0 Å². The molecule has 28 heavy (non-hydrogen) atoms. The molecule has 0 N–H and O–H groups in total. The number of halogens is 1. The molecule has 0 bridgehead atoms. The summed E-state index contributed by atoms with van der Waals surface area (Å²) in [5.41, 5.74) is 1.19. The maximum atomic E-state index is 12.5. The van der Waals surface area contributed by atoms with Crippen molar-refractivity contribution in [3.05, 3.63) is 62.5 Å². The first-order valence-corrected chi connectivity index (χ1v) is 11.6. The van der Waals surface area contributed by atoms with Crippen molar-refractivity contribution >= 4 is 44.8 Å². The molecule has 0 aliphatic carbocycles. The molecule has 3 aromatic rings. The molecule has 0 amide bonds. The standard InChI is InChI=1S/C20H23BrN4OS2/c1-4-15(24(2)3)19-22-23-20(25(19)12-14-8-6-5-7-9-14)27-13-16(26)17-10-11-18(21)28-17/h5-11,15H,4,12-13H2,1-3H3/t15-/m1/s1. The maximum absolute atomic E-state index is 12.5. The second kappa shape index (κ2) is 9.82. The fourth-order valence-corrected chi connectivity index (χ4v) is 5.26. The van der Waals surface area contributed by atoms with Crippen molar-refractivity contribution in [1.29, 1.82) is 0 Å². The Kier molecular flexibility index (Phi) is 7.45. The van der Waals surface area contributed by atoms with Crippen LogP contribution in [0.3, 0.4) is 0 Å². The molecule has 1 atom stereocenters. The largest absolute Gasteiger partial charge is 0.300 e. The molecule has 2 aromatic heterocycles. The average molecular weight is 479 g/mol. The first kappa shape index (κ1) is 21.2. The van der Waals surface area contributed by atoms with E-state index in [4.69, 9.17) is 0 Å². The molecule has 1 aromatic carbocycles. The van der Waals surface area contributed by atoms with E-state index in [1.54, 1.807) is 0 Å². The molecule has 0 unspecified atom stereocenters. The Hall–Kier alpha value is -1.48. The summed E-state index contributed by atoms with van der Waals surface area (Å²) in [6.45, 7) is 2.84. The van der Waals surface area contributed by atoms with Gasteiger partial charge in [0.25, 0.3) is 0 Å². The van der Waals surface area contributed by atoms with Crippen molar-refractivity contribution in [2.24, 2.45) is 0 Å². The molecular formula is C20H23BrN4OS2. The van der Waals surface area contributed by atoms with Gasteiger partial charge in [0.15, 0.2) is 16.8 Å². The minimum absolute atomic E-state index is 0.108. The molecule has 148 valence electrons. The minimum atomic E-state index is 0.108. The van der Waals surface area contributed by atoms with Crippen LogP contribution in [0.15, 0.2) is 51.4 Å². The Morgan fingerprint density at radius 3 is 2.57 bits per heavy atom. The van der Waals surface area contributed by atoms with Gasteiger partial charge in [0.2, 0.25) is 0 Å². The second-order valence-corrected chi connectivity index (χ2v) is 10.0. The SMILES string of the molecule is CC[C@H](c1nnc(SCC(=O)c2ccc(Br)s2)n1Cc1ccccc1)N(C)C. The Morgan fingerprint density at radius 2 is 1.96 bits per heavy atom. The number of carbonyl (C=O) groups is 1. The summed E-state index contributed by atoms with van der Waals surface area (Å²) in [6.07, 6.45) is 0.937. The third-order valence-electron chi connectivity index (χ3n) is 4.42. The summed E-state index contributed by atoms with van der Waals surface area (Å²) >= 11 is 6.33. The van der Waals surface area contributed by atoms with Crippen LogP contribution in [0.2, 0.25) is 0 Å². The number of carbonyl (C=O) groups excluding carboxylic acids is 1. The molecule has 3 rings (SSSR count). The minimum Gasteiger partial charge on any atom is -0.300 e. The number of rotatable bonds is 9. The van der Waals surface area contributed by atoms with Crippen molar-refractivity contribution in [3.63, 3.8) is 0 Å². The van der Waals surface area contributed by atoms with Gasteiger partial charge in [0.05, 0.1) is 27.0 Å². The molecule has 5 nitrogen and oxygen atoms in total. The lowest BCUT2D eigenvalue weighted by Gasteiger charge is -2.23. The van der Waals surface area contributed by atoms with E-state index in [-0.39, 0.29) is 11.8 Å². The molecule has 0 spiro atoms. The fraction of sp³-hybridized carbons (Fsp3) is 0.350. The van der Waals surface area contributed by atoms with Gasteiger partial charge in [-0.15, -0.1) is 21.5 Å². The van der Waals surface area contributed by atoms with Crippen LogP contribution in [0.4, 0.5) is 0 Å². The topological polar surface area (TPSA) is 51.0 Å². The number of hydrogen-bond donors (Lipinski definition) is 0. The second-order valence-electron chi connectivity index (χ2n) is 6.62. The van der Waals surface area contributed by atoms with Crippen molar-refractivity contribution in [2.45, 2.75) is 31.1 Å². The number of thioether (sulfide) groups is 1. The summed E-state index contributed by atoms with van der Waals surface area (Å²) in [7, 11) is 4.11. The highest BCUT2D eigenvalue weighted by atomic mass is 79.9. The number of aromatic nitrogens is 3. The average Bonchev–Trinajstić information content (AvgIpc) is 3.28. The van der Waals surface area contributed by atoms with Crippen molar-refractivity contribution in [3.8, 4) is 0 Å². The zero-order valence-corrected chi connectivity index (χ0v) is 19.4. The number of nitrogens with zero attached hydrogens (tertiary/aromatic N) is 4. The van der Waals surface area contributed by atoms with Crippen LogP contribution in [-0.4, -0.2) is 45.3 Å². The number of Topliss-reactive ketones (excluding diaryl/α,β-unsaturated/α-hetero) is 1. The fourth-order valence-electron chi connectivity index (χ4n) is 3.01. The molecule has 8 heteroatoms. The van der Waals surface area contributed by atoms with E-state index in [2.05, 4.69) is 68.7 Å². The Bertz CT molecular complexity index is 923. The van der Waals surface area contributed by atoms with Gasteiger partial charge in [-0.25, -0.2) is 0 Å². The monoisotopic (exact) mass is 478 g/mol. The third kappa shape index (κ3) is 5.11. The van der Waals surface area contributed by atoms with Crippen LogP contribution in [0.5, 0.6) is 0 Å². The molecular weight excluding hydrogens is 456 g/mol. The first-order valence-electron chi connectivity index (χ1n) is 9.04. The van der Waals surface area contributed by atoms with E-state index in [0.29, 0.717) is 12.3 Å². The van der Waals surface area contributed by atoms with E-state index in [1.807, 2.05) is 30.3 Å². The third-order valence-corrected chi connectivity index (χ3v) is 7.05. The van der Waals surface area contributed by atoms with Gasteiger partial charge < -0.3 is 4.57 Å².